The summed E-state index contributed by atoms with van der Waals surface area (Å²) in [6, 6.07) is 0. The number of unbranched alkanes of at least 4 members (excludes halogenated alkanes) is 3. The Labute approximate surface area is 71.7 Å². The summed E-state index contributed by atoms with van der Waals surface area (Å²) in [5, 5.41) is 8.12. The van der Waals surface area contributed by atoms with Crippen molar-refractivity contribution in [3.05, 3.63) is 0 Å². The maximum Gasteiger partial charge on any atom is 0.243 e. The minimum absolute atomic E-state index is 0.309. The van der Waals surface area contributed by atoms with E-state index in [9.17, 15) is 4.79 Å². The summed E-state index contributed by atoms with van der Waals surface area (Å²) in [5.74, 6) is 0.377. The first-order valence-corrected chi connectivity index (χ1v) is 4.33. The van der Waals surface area contributed by atoms with Gasteiger partial charge in [0.25, 0.3) is 0 Å². The Balaban J connectivity index is 2.95. The van der Waals surface area contributed by atoms with E-state index in [0.29, 0.717) is 12.3 Å². The predicted octanol–water partition coefficient (Wildman–Crippen LogP) is 1.68. The first-order valence-electron chi connectivity index (χ1n) is 3.80. The molecule has 0 spiro atoms. The van der Waals surface area contributed by atoms with Crippen LogP contribution in [0.4, 0.5) is 0 Å². The lowest BCUT2D eigenvalue weighted by Gasteiger charge is -1.97. The van der Waals surface area contributed by atoms with Crippen LogP contribution in [-0.4, -0.2) is 17.0 Å². The van der Waals surface area contributed by atoms with Gasteiger partial charge in [-0.1, -0.05) is 12.8 Å². The molecule has 0 aliphatic carbocycles. The highest BCUT2D eigenvalue weighted by Gasteiger charge is 1.97. The summed E-state index contributed by atoms with van der Waals surface area (Å²) in [6.07, 6.45) is 4.28. The highest BCUT2D eigenvalue weighted by molar-refractivity contribution is 6.17. The molecule has 0 aliphatic rings. The molecule has 11 heavy (non-hydrogen) atoms. The average molecular weight is 180 g/mol. The van der Waals surface area contributed by atoms with Crippen LogP contribution >= 0.6 is 11.6 Å². The van der Waals surface area contributed by atoms with Gasteiger partial charge in [0.15, 0.2) is 0 Å². The Bertz CT molecular complexity index is 109. The van der Waals surface area contributed by atoms with Gasteiger partial charge < -0.3 is 0 Å². The van der Waals surface area contributed by atoms with Crippen LogP contribution in [0.1, 0.15) is 32.1 Å². The number of halogens is 1. The molecule has 0 aromatic carbocycles. The maximum atomic E-state index is 10.5. The third-order valence-corrected chi connectivity index (χ3v) is 1.68. The van der Waals surface area contributed by atoms with Gasteiger partial charge in [0.1, 0.15) is 0 Å². The highest BCUT2D eigenvalue weighted by Crippen LogP contribution is 2.03. The third-order valence-electron chi connectivity index (χ3n) is 1.41. The van der Waals surface area contributed by atoms with Crippen LogP contribution in [0, 0.1) is 0 Å². The summed E-state index contributed by atoms with van der Waals surface area (Å²) < 4.78 is 0. The maximum absolute atomic E-state index is 10.5. The second kappa shape index (κ2) is 7.82. The van der Waals surface area contributed by atoms with E-state index in [2.05, 4.69) is 0 Å². The van der Waals surface area contributed by atoms with Crippen LogP contribution < -0.4 is 5.48 Å². The Morgan fingerprint density at radius 2 is 1.91 bits per heavy atom. The van der Waals surface area contributed by atoms with Gasteiger partial charge in [-0.05, 0) is 12.8 Å². The number of alkyl halides is 1. The van der Waals surface area contributed by atoms with Gasteiger partial charge >= 0.3 is 0 Å². The number of nitrogens with one attached hydrogen (secondary N) is 1. The zero-order valence-corrected chi connectivity index (χ0v) is 7.23. The average Bonchev–Trinajstić information content (AvgIpc) is 2.04. The summed E-state index contributed by atoms with van der Waals surface area (Å²) in [7, 11) is 0. The largest absolute Gasteiger partial charge is 0.289 e. The summed E-state index contributed by atoms with van der Waals surface area (Å²) in [5.41, 5.74) is 1.59. The van der Waals surface area contributed by atoms with E-state index in [0.717, 1.165) is 25.7 Å². The van der Waals surface area contributed by atoms with Crippen LogP contribution in [0.2, 0.25) is 0 Å². The molecule has 66 valence electrons. The molecule has 0 unspecified atom stereocenters. The molecule has 0 aliphatic heterocycles. The molecule has 0 bridgehead atoms. The fourth-order valence-corrected chi connectivity index (χ4v) is 0.978. The van der Waals surface area contributed by atoms with Gasteiger partial charge in [-0.15, -0.1) is 11.6 Å². The number of rotatable bonds is 6. The molecule has 0 rings (SSSR count). The van der Waals surface area contributed by atoms with E-state index in [4.69, 9.17) is 16.8 Å². The summed E-state index contributed by atoms with van der Waals surface area (Å²) in [4.78, 5) is 10.5. The van der Waals surface area contributed by atoms with Crippen molar-refractivity contribution < 1.29 is 10.0 Å². The Morgan fingerprint density at radius 3 is 2.45 bits per heavy atom. The molecule has 0 aromatic heterocycles. The van der Waals surface area contributed by atoms with E-state index in [-0.39, 0.29) is 5.91 Å². The normalized spacial score (nSPS) is 9.64. The third kappa shape index (κ3) is 7.62. The molecule has 0 saturated carbocycles. The van der Waals surface area contributed by atoms with Crippen molar-refractivity contribution in [1.29, 1.82) is 0 Å². The van der Waals surface area contributed by atoms with E-state index in [1.54, 1.807) is 5.48 Å². The van der Waals surface area contributed by atoms with Crippen LogP contribution in [0.15, 0.2) is 0 Å². The lowest BCUT2D eigenvalue weighted by Crippen LogP contribution is -2.17. The minimum Gasteiger partial charge on any atom is -0.289 e. The Kier molecular flexibility index (Phi) is 7.62. The van der Waals surface area contributed by atoms with Gasteiger partial charge in [-0.25, -0.2) is 5.48 Å². The quantitative estimate of drug-likeness (QED) is 0.282. The van der Waals surface area contributed by atoms with Crippen molar-refractivity contribution in [2.75, 3.05) is 5.88 Å². The van der Waals surface area contributed by atoms with E-state index in [1.807, 2.05) is 0 Å². The van der Waals surface area contributed by atoms with Gasteiger partial charge in [-0.3, -0.25) is 10.0 Å². The molecular weight excluding hydrogens is 166 g/mol. The van der Waals surface area contributed by atoms with Crippen molar-refractivity contribution in [3.63, 3.8) is 0 Å². The van der Waals surface area contributed by atoms with Crippen molar-refractivity contribution in [2.24, 2.45) is 0 Å². The van der Waals surface area contributed by atoms with Crippen molar-refractivity contribution in [2.45, 2.75) is 32.1 Å². The van der Waals surface area contributed by atoms with Crippen molar-refractivity contribution >= 4 is 17.5 Å². The highest BCUT2D eigenvalue weighted by atomic mass is 35.5. The number of hydrogen-bond acceptors (Lipinski definition) is 2. The van der Waals surface area contributed by atoms with Gasteiger partial charge in [0, 0.05) is 12.3 Å². The second-order valence-corrected chi connectivity index (χ2v) is 2.77. The molecule has 0 radical (unpaired) electrons. The number of carbonyl (C=O) groups excluding carboxylic acids is 1. The summed E-state index contributed by atoms with van der Waals surface area (Å²) >= 11 is 5.45. The lowest BCUT2D eigenvalue weighted by atomic mass is 10.1. The minimum atomic E-state index is -0.309. The van der Waals surface area contributed by atoms with E-state index >= 15 is 0 Å². The fraction of sp³-hybridized carbons (Fsp3) is 0.857. The van der Waals surface area contributed by atoms with E-state index in [1.165, 1.54) is 0 Å². The molecule has 0 fully saturated rings. The zero-order chi connectivity index (χ0) is 8.53. The standard InChI is InChI=1S/C7H14ClNO2/c8-6-4-2-1-3-5-7(10)9-11/h11H,1-6H2,(H,9,10). The number of hydroxylamine groups is 1. The Hall–Kier alpha value is -0.280. The lowest BCUT2D eigenvalue weighted by molar-refractivity contribution is -0.129. The Morgan fingerprint density at radius 1 is 1.27 bits per heavy atom. The van der Waals surface area contributed by atoms with Crippen LogP contribution in [0.25, 0.3) is 0 Å². The first-order chi connectivity index (χ1) is 5.31. The smallest absolute Gasteiger partial charge is 0.243 e. The topological polar surface area (TPSA) is 49.3 Å². The molecule has 0 aromatic rings. The number of carbonyl (C=O) groups is 1. The van der Waals surface area contributed by atoms with E-state index < -0.39 is 0 Å². The number of hydrogen-bond donors (Lipinski definition) is 2. The fourth-order valence-electron chi connectivity index (χ4n) is 0.790. The van der Waals surface area contributed by atoms with Gasteiger partial charge in [-0.2, -0.15) is 0 Å². The monoisotopic (exact) mass is 179 g/mol. The predicted molar refractivity (Wildman–Crippen MR) is 43.7 cm³/mol. The van der Waals surface area contributed by atoms with Crippen molar-refractivity contribution in [3.8, 4) is 0 Å². The summed E-state index contributed by atoms with van der Waals surface area (Å²) in [6.45, 7) is 0. The molecule has 0 heterocycles. The van der Waals surface area contributed by atoms with Crippen LogP contribution in [0.5, 0.6) is 0 Å². The van der Waals surface area contributed by atoms with Crippen LogP contribution in [0.3, 0.4) is 0 Å². The molecule has 0 saturated heterocycles. The molecule has 0 atom stereocenters. The molecule has 2 N–H and O–H groups in total. The van der Waals surface area contributed by atoms with Gasteiger partial charge in [0.05, 0.1) is 0 Å². The molecule has 1 amide bonds. The zero-order valence-electron chi connectivity index (χ0n) is 6.48. The molecular formula is C7H14ClNO2. The van der Waals surface area contributed by atoms with Crippen molar-refractivity contribution in [1.82, 2.24) is 5.48 Å². The second-order valence-electron chi connectivity index (χ2n) is 2.39. The molecule has 4 heteroatoms. The van der Waals surface area contributed by atoms with Gasteiger partial charge in [0.2, 0.25) is 5.91 Å². The molecule has 3 nitrogen and oxygen atoms in total. The first kappa shape index (κ1) is 10.7. The number of amides is 1. The SMILES string of the molecule is O=C(CCCCCCCl)NO. The van der Waals surface area contributed by atoms with Crippen LogP contribution in [-0.2, 0) is 4.79 Å².